The van der Waals surface area contributed by atoms with Crippen LogP contribution in [0.5, 0.6) is 0 Å². The molecule has 2 aliphatic heterocycles. The summed E-state index contributed by atoms with van der Waals surface area (Å²) >= 11 is 0. The fourth-order valence-electron chi connectivity index (χ4n) is 3.77. The number of anilines is 1. The van der Waals surface area contributed by atoms with Crippen LogP contribution in [-0.4, -0.2) is 42.5 Å². The highest BCUT2D eigenvalue weighted by molar-refractivity contribution is 8.08. The first-order valence-electron chi connectivity index (χ1n) is 9.72. The third-order valence-electron chi connectivity index (χ3n) is 5.46. The van der Waals surface area contributed by atoms with E-state index in [4.69, 9.17) is 4.52 Å². The number of hydrogen-bond donors (Lipinski definition) is 0. The highest BCUT2D eigenvalue weighted by atomic mass is 32.2. The predicted octanol–water partition coefficient (Wildman–Crippen LogP) is 2.72. The van der Waals surface area contributed by atoms with Crippen LogP contribution in [0, 0.1) is 20.8 Å². The first kappa shape index (κ1) is 19.6. The minimum atomic E-state index is -4.00. The van der Waals surface area contributed by atoms with Gasteiger partial charge < -0.3 is 9.42 Å². The molecule has 8 nitrogen and oxygen atoms in total. The Balaban J connectivity index is 1.81. The van der Waals surface area contributed by atoms with Crippen molar-refractivity contribution in [3.63, 3.8) is 0 Å². The lowest BCUT2D eigenvalue weighted by molar-refractivity contribution is -0.124. The molecule has 1 aromatic carbocycles. The molecule has 0 unspecified atom stereocenters. The number of rotatable bonds is 3. The second-order valence-electron chi connectivity index (χ2n) is 7.59. The second-order valence-corrected chi connectivity index (χ2v) is 9.43. The number of likely N-dealkylation sites (tertiary alicyclic amines) is 1. The Morgan fingerprint density at radius 2 is 1.86 bits per heavy atom. The van der Waals surface area contributed by atoms with Crippen LogP contribution >= 0.6 is 0 Å². The van der Waals surface area contributed by atoms with E-state index in [0.29, 0.717) is 30.2 Å². The van der Waals surface area contributed by atoms with E-state index in [1.807, 2.05) is 13.8 Å². The molecule has 1 aromatic heterocycles. The van der Waals surface area contributed by atoms with Crippen molar-refractivity contribution < 1.29 is 17.7 Å². The number of piperidine rings is 1. The minimum absolute atomic E-state index is 0.102. The zero-order valence-corrected chi connectivity index (χ0v) is 17.6. The third-order valence-corrected chi connectivity index (χ3v) is 7.15. The zero-order valence-electron chi connectivity index (χ0n) is 16.8. The molecule has 0 bridgehead atoms. The maximum absolute atomic E-state index is 13.2. The summed E-state index contributed by atoms with van der Waals surface area (Å²) in [4.78, 5) is 14.8. The Kier molecular flexibility index (Phi) is 4.94. The van der Waals surface area contributed by atoms with Gasteiger partial charge in [0, 0.05) is 18.7 Å². The lowest BCUT2D eigenvalue weighted by Gasteiger charge is -2.31. The molecular formula is C20H24N4O4S. The van der Waals surface area contributed by atoms with Gasteiger partial charge in [0.1, 0.15) is 5.76 Å². The van der Waals surface area contributed by atoms with E-state index in [0.717, 1.165) is 30.4 Å². The van der Waals surface area contributed by atoms with Crippen LogP contribution in [0.15, 0.2) is 32.7 Å². The molecule has 0 aliphatic carbocycles. The second kappa shape index (κ2) is 7.29. The largest absolute Gasteiger partial charge is 0.361 e. The molecule has 154 valence electrons. The molecule has 4 rings (SSSR count). The van der Waals surface area contributed by atoms with Gasteiger partial charge in [0.15, 0.2) is 0 Å². The van der Waals surface area contributed by atoms with E-state index in [9.17, 15) is 13.2 Å². The molecule has 0 atom stereocenters. The molecule has 0 radical (unpaired) electrons. The van der Waals surface area contributed by atoms with Gasteiger partial charge in [0.25, 0.3) is 5.91 Å². The van der Waals surface area contributed by atoms with Crippen molar-refractivity contribution in [2.75, 3.05) is 18.1 Å². The molecule has 3 heterocycles. The van der Waals surface area contributed by atoms with E-state index in [-0.39, 0.29) is 11.4 Å². The van der Waals surface area contributed by atoms with Crippen LogP contribution in [0.2, 0.25) is 0 Å². The quantitative estimate of drug-likeness (QED) is 0.763. The molecule has 1 saturated heterocycles. The molecule has 0 N–H and O–H groups in total. The summed E-state index contributed by atoms with van der Waals surface area (Å²) in [5.41, 5.74) is 2.90. The fraction of sp³-hybridized carbons (Fsp3) is 0.450. The van der Waals surface area contributed by atoms with Crippen LogP contribution in [-0.2, 0) is 21.2 Å². The monoisotopic (exact) mass is 416 g/mol. The highest BCUT2D eigenvalue weighted by Gasteiger charge is 2.40. The fourth-order valence-corrected chi connectivity index (χ4v) is 5.23. The van der Waals surface area contributed by atoms with Gasteiger partial charge in [-0.05, 0) is 57.7 Å². The summed E-state index contributed by atoms with van der Waals surface area (Å²) in [5.74, 6) is 0.115. The Bertz CT molecular complexity index is 1080. The molecule has 1 fully saturated rings. The van der Waals surface area contributed by atoms with Crippen molar-refractivity contribution in [1.82, 2.24) is 10.1 Å². The zero-order chi connectivity index (χ0) is 20.8. The number of fused-ring (bicyclic) bond motifs is 1. The Morgan fingerprint density at radius 1 is 1.14 bits per heavy atom. The van der Waals surface area contributed by atoms with Crippen LogP contribution in [0.4, 0.5) is 5.69 Å². The van der Waals surface area contributed by atoms with E-state index < -0.39 is 20.8 Å². The highest BCUT2D eigenvalue weighted by Crippen LogP contribution is 2.35. The summed E-state index contributed by atoms with van der Waals surface area (Å²) in [6.07, 6.45) is 2.79. The molecule has 29 heavy (non-hydrogen) atoms. The first-order valence-corrected chi connectivity index (χ1v) is 11.2. The standard InChI is InChI=1S/C20H24N4O4S/c1-13-7-8-18-17(11-13)24(12-16-14(2)22-28-15(16)3)21-19(29(18,26)27)20(25)23-9-5-4-6-10-23/h7-8,11H,4-6,9-10,12H2,1-3H3. The Labute approximate surface area is 170 Å². The molecule has 2 aromatic rings. The average Bonchev–Trinajstić information content (AvgIpc) is 3.02. The van der Waals surface area contributed by atoms with E-state index in [1.165, 1.54) is 0 Å². The van der Waals surface area contributed by atoms with Crippen molar-refractivity contribution in [2.45, 2.75) is 51.5 Å². The number of sulfone groups is 1. The van der Waals surface area contributed by atoms with E-state index in [2.05, 4.69) is 10.3 Å². The molecule has 0 saturated carbocycles. The number of nitrogens with zero attached hydrogens (tertiary/aromatic N) is 4. The van der Waals surface area contributed by atoms with Gasteiger partial charge in [-0.2, -0.15) is 5.10 Å². The van der Waals surface area contributed by atoms with Crippen molar-refractivity contribution >= 4 is 26.5 Å². The lowest BCUT2D eigenvalue weighted by Crippen LogP contribution is -2.45. The summed E-state index contributed by atoms with van der Waals surface area (Å²) in [5, 5.41) is 9.48. The number of amides is 1. The summed E-state index contributed by atoms with van der Waals surface area (Å²) in [6, 6.07) is 5.06. The van der Waals surface area contributed by atoms with Gasteiger partial charge >= 0.3 is 0 Å². The van der Waals surface area contributed by atoms with Gasteiger partial charge in [-0.25, -0.2) is 8.42 Å². The Morgan fingerprint density at radius 3 is 2.52 bits per heavy atom. The first-order chi connectivity index (χ1) is 13.8. The molecular weight excluding hydrogens is 392 g/mol. The van der Waals surface area contributed by atoms with E-state index >= 15 is 0 Å². The predicted molar refractivity (Wildman–Crippen MR) is 108 cm³/mol. The van der Waals surface area contributed by atoms with Gasteiger partial charge in [-0.15, -0.1) is 0 Å². The van der Waals surface area contributed by atoms with Crippen LogP contribution < -0.4 is 5.01 Å². The van der Waals surface area contributed by atoms with Crippen LogP contribution in [0.25, 0.3) is 0 Å². The Hall–Kier alpha value is -2.68. The summed E-state index contributed by atoms with van der Waals surface area (Å²) in [6.45, 7) is 6.89. The number of carbonyl (C=O) groups excluding carboxylic acids is 1. The topological polar surface area (TPSA) is 96.1 Å². The molecule has 2 aliphatic rings. The van der Waals surface area contributed by atoms with Crippen LogP contribution in [0.1, 0.15) is 41.8 Å². The SMILES string of the molecule is Cc1ccc2c(c1)N(Cc1c(C)noc1C)N=C(C(=O)N1CCCCC1)S2(=O)=O. The van der Waals surface area contributed by atoms with Crippen molar-refractivity contribution in [2.24, 2.45) is 5.10 Å². The molecule has 0 spiro atoms. The molecule has 1 amide bonds. The number of carbonyl (C=O) groups is 1. The summed E-state index contributed by atoms with van der Waals surface area (Å²) in [7, 11) is -4.00. The lowest BCUT2D eigenvalue weighted by atomic mass is 10.1. The smallest absolute Gasteiger partial charge is 0.286 e. The minimum Gasteiger partial charge on any atom is -0.361 e. The van der Waals surface area contributed by atoms with E-state index in [1.54, 1.807) is 35.0 Å². The maximum atomic E-state index is 13.2. The van der Waals surface area contributed by atoms with Gasteiger partial charge in [-0.3, -0.25) is 9.80 Å². The number of hydrazone groups is 1. The third kappa shape index (κ3) is 3.43. The van der Waals surface area contributed by atoms with Crippen molar-refractivity contribution in [3.8, 4) is 0 Å². The average molecular weight is 417 g/mol. The number of aromatic nitrogens is 1. The molecule has 9 heteroatoms. The number of aryl methyl sites for hydroxylation is 3. The number of benzene rings is 1. The summed E-state index contributed by atoms with van der Waals surface area (Å²) < 4.78 is 31.7. The van der Waals surface area contributed by atoms with Crippen molar-refractivity contribution in [1.29, 1.82) is 0 Å². The normalized spacial score (nSPS) is 18.4. The maximum Gasteiger partial charge on any atom is 0.286 e. The van der Waals surface area contributed by atoms with Crippen LogP contribution in [0.3, 0.4) is 0 Å². The van der Waals surface area contributed by atoms with Crippen molar-refractivity contribution in [3.05, 3.63) is 40.8 Å². The number of hydrogen-bond acceptors (Lipinski definition) is 7. The van der Waals surface area contributed by atoms with Gasteiger partial charge in [-0.1, -0.05) is 11.2 Å². The van der Waals surface area contributed by atoms with Gasteiger partial charge in [0.05, 0.1) is 22.8 Å². The van der Waals surface area contributed by atoms with Gasteiger partial charge in [0.2, 0.25) is 14.9 Å².